The van der Waals surface area contributed by atoms with Crippen molar-refractivity contribution >= 4 is 11.3 Å². The highest BCUT2D eigenvalue weighted by Gasteiger charge is 2.24. The Balaban J connectivity index is 1.96. The van der Waals surface area contributed by atoms with Crippen LogP contribution in [0.25, 0.3) is 0 Å². The molecule has 0 bridgehead atoms. The van der Waals surface area contributed by atoms with Gasteiger partial charge < -0.3 is 5.73 Å². The lowest BCUT2D eigenvalue weighted by molar-refractivity contribution is 0.416. The van der Waals surface area contributed by atoms with Gasteiger partial charge >= 0.3 is 0 Å². The molecule has 1 aromatic heterocycles. The van der Waals surface area contributed by atoms with E-state index in [1.54, 1.807) is 11.3 Å². The third-order valence-electron chi connectivity index (χ3n) is 3.65. The van der Waals surface area contributed by atoms with Gasteiger partial charge in [-0.2, -0.15) is 0 Å². The first-order valence-electron chi connectivity index (χ1n) is 6.09. The van der Waals surface area contributed by atoms with Gasteiger partial charge in [0.25, 0.3) is 0 Å². The van der Waals surface area contributed by atoms with Gasteiger partial charge in [0.2, 0.25) is 0 Å². The predicted octanol–water partition coefficient (Wildman–Crippen LogP) is 3.46. The molecule has 3 heteroatoms. The molecule has 1 aliphatic rings. The van der Waals surface area contributed by atoms with Crippen molar-refractivity contribution < 1.29 is 0 Å². The van der Waals surface area contributed by atoms with Crippen molar-refractivity contribution in [3.05, 3.63) is 52.0 Å². The topological polar surface area (TPSA) is 38.9 Å². The molecule has 1 fully saturated rings. The van der Waals surface area contributed by atoms with Gasteiger partial charge in [0.1, 0.15) is 0 Å². The van der Waals surface area contributed by atoms with Gasteiger partial charge in [0.15, 0.2) is 0 Å². The third-order valence-corrected chi connectivity index (χ3v) is 4.25. The summed E-state index contributed by atoms with van der Waals surface area (Å²) >= 11 is 1.61. The van der Waals surface area contributed by atoms with Gasteiger partial charge in [-0.1, -0.05) is 30.7 Å². The molecule has 1 saturated carbocycles. The molecule has 0 radical (unpaired) electrons. The van der Waals surface area contributed by atoms with Gasteiger partial charge in [0, 0.05) is 5.38 Å². The van der Waals surface area contributed by atoms with E-state index >= 15 is 0 Å². The average Bonchev–Trinajstić information content (AvgIpc) is 2.80. The molecule has 2 nitrogen and oxygen atoms in total. The SMILES string of the molecule is NC(c1cscn1)c1ccccc1C1CCC1. The van der Waals surface area contributed by atoms with Crippen LogP contribution in [0.15, 0.2) is 35.2 Å². The molecule has 0 saturated heterocycles. The summed E-state index contributed by atoms with van der Waals surface area (Å²) in [6.45, 7) is 0. The summed E-state index contributed by atoms with van der Waals surface area (Å²) in [4.78, 5) is 4.33. The van der Waals surface area contributed by atoms with E-state index in [4.69, 9.17) is 5.73 Å². The van der Waals surface area contributed by atoms with Crippen LogP contribution >= 0.6 is 11.3 Å². The van der Waals surface area contributed by atoms with Crippen molar-refractivity contribution in [2.24, 2.45) is 5.73 Å². The van der Waals surface area contributed by atoms with Crippen LogP contribution in [-0.2, 0) is 0 Å². The van der Waals surface area contributed by atoms with Crippen LogP contribution in [0.2, 0.25) is 0 Å². The fraction of sp³-hybridized carbons (Fsp3) is 0.357. The fourth-order valence-electron chi connectivity index (χ4n) is 2.42. The van der Waals surface area contributed by atoms with Crippen molar-refractivity contribution in [3.8, 4) is 0 Å². The number of hydrogen-bond acceptors (Lipinski definition) is 3. The summed E-state index contributed by atoms with van der Waals surface area (Å²) in [6, 6.07) is 8.50. The van der Waals surface area contributed by atoms with Crippen LogP contribution in [0, 0.1) is 0 Å². The second kappa shape index (κ2) is 4.59. The van der Waals surface area contributed by atoms with Gasteiger partial charge in [0.05, 0.1) is 17.2 Å². The van der Waals surface area contributed by atoms with E-state index in [-0.39, 0.29) is 6.04 Å². The second-order valence-corrected chi connectivity index (χ2v) is 5.37. The first kappa shape index (κ1) is 10.9. The quantitative estimate of drug-likeness (QED) is 0.898. The van der Waals surface area contributed by atoms with E-state index in [1.165, 1.54) is 30.4 Å². The largest absolute Gasteiger partial charge is 0.319 e. The Morgan fingerprint density at radius 2 is 2.12 bits per heavy atom. The summed E-state index contributed by atoms with van der Waals surface area (Å²) in [7, 11) is 0. The lowest BCUT2D eigenvalue weighted by Gasteiger charge is -2.29. The first-order chi connectivity index (χ1) is 8.36. The van der Waals surface area contributed by atoms with Gasteiger partial charge in [-0.25, -0.2) is 4.98 Å². The Kier molecular flexibility index (Phi) is 2.95. The minimum Gasteiger partial charge on any atom is -0.319 e. The third kappa shape index (κ3) is 2.01. The first-order valence-corrected chi connectivity index (χ1v) is 7.03. The zero-order valence-electron chi connectivity index (χ0n) is 9.67. The summed E-state index contributed by atoms with van der Waals surface area (Å²) in [5, 5.41) is 2.04. The summed E-state index contributed by atoms with van der Waals surface area (Å²) in [5.41, 5.74) is 11.8. The molecule has 0 aliphatic heterocycles. The molecule has 1 unspecified atom stereocenters. The number of nitrogens with two attached hydrogens (primary N) is 1. The zero-order chi connectivity index (χ0) is 11.7. The van der Waals surface area contributed by atoms with Gasteiger partial charge in [-0.3, -0.25) is 0 Å². The maximum absolute atomic E-state index is 6.32. The molecule has 1 aromatic carbocycles. The predicted molar refractivity (Wildman–Crippen MR) is 71.2 cm³/mol. The highest BCUT2D eigenvalue weighted by Crippen LogP contribution is 2.39. The van der Waals surface area contributed by atoms with E-state index in [9.17, 15) is 0 Å². The Hall–Kier alpha value is -1.19. The maximum Gasteiger partial charge on any atom is 0.0795 e. The Labute approximate surface area is 106 Å². The Morgan fingerprint density at radius 1 is 1.29 bits per heavy atom. The minimum atomic E-state index is -0.0713. The number of rotatable bonds is 3. The normalized spacial score (nSPS) is 17.7. The minimum absolute atomic E-state index is 0.0713. The maximum atomic E-state index is 6.32. The molecule has 0 amide bonds. The summed E-state index contributed by atoms with van der Waals surface area (Å²) in [6.07, 6.45) is 3.96. The molecular weight excluding hydrogens is 228 g/mol. The summed E-state index contributed by atoms with van der Waals surface area (Å²) in [5.74, 6) is 0.718. The Morgan fingerprint density at radius 3 is 2.76 bits per heavy atom. The van der Waals surface area contributed by atoms with Gasteiger partial charge in [-0.15, -0.1) is 11.3 Å². The van der Waals surface area contributed by atoms with Crippen LogP contribution in [0.3, 0.4) is 0 Å². The Bertz CT molecular complexity index is 489. The lowest BCUT2D eigenvalue weighted by atomic mass is 9.77. The van der Waals surface area contributed by atoms with E-state index in [2.05, 4.69) is 29.2 Å². The number of thiazole rings is 1. The molecule has 0 spiro atoms. The molecule has 88 valence electrons. The number of benzene rings is 1. The summed E-state index contributed by atoms with van der Waals surface area (Å²) < 4.78 is 0. The standard InChI is InChI=1S/C14H16N2S/c15-14(13-8-17-9-16-13)12-7-2-1-6-11(12)10-4-3-5-10/h1-2,6-10,14H,3-5,15H2. The van der Waals surface area contributed by atoms with E-state index in [0.717, 1.165) is 11.6 Å². The van der Waals surface area contributed by atoms with Crippen LogP contribution in [0.4, 0.5) is 0 Å². The van der Waals surface area contributed by atoms with Crippen LogP contribution in [-0.4, -0.2) is 4.98 Å². The molecule has 17 heavy (non-hydrogen) atoms. The number of aromatic nitrogens is 1. The smallest absolute Gasteiger partial charge is 0.0795 e. The van der Waals surface area contributed by atoms with E-state index < -0.39 is 0 Å². The average molecular weight is 244 g/mol. The van der Waals surface area contributed by atoms with E-state index in [0.29, 0.717) is 0 Å². The van der Waals surface area contributed by atoms with Crippen LogP contribution < -0.4 is 5.73 Å². The van der Waals surface area contributed by atoms with Crippen molar-refractivity contribution in [3.63, 3.8) is 0 Å². The number of nitrogens with zero attached hydrogens (tertiary/aromatic N) is 1. The molecular formula is C14H16N2S. The second-order valence-electron chi connectivity index (χ2n) is 4.65. The van der Waals surface area contributed by atoms with Crippen molar-refractivity contribution in [1.29, 1.82) is 0 Å². The van der Waals surface area contributed by atoms with Crippen molar-refractivity contribution in [2.45, 2.75) is 31.2 Å². The molecule has 2 aromatic rings. The highest BCUT2D eigenvalue weighted by molar-refractivity contribution is 7.07. The van der Waals surface area contributed by atoms with Crippen molar-refractivity contribution in [2.75, 3.05) is 0 Å². The van der Waals surface area contributed by atoms with Crippen molar-refractivity contribution in [1.82, 2.24) is 4.98 Å². The highest BCUT2D eigenvalue weighted by atomic mass is 32.1. The van der Waals surface area contributed by atoms with E-state index in [1.807, 2.05) is 10.9 Å². The monoisotopic (exact) mass is 244 g/mol. The van der Waals surface area contributed by atoms with Crippen LogP contribution in [0.1, 0.15) is 48.0 Å². The van der Waals surface area contributed by atoms with Crippen LogP contribution in [0.5, 0.6) is 0 Å². The van der Waals surface area contributed by atoms with Gasteiger partial charge in [-0.05, 0) is 29.9 Å². The molecule has 1 heterocycles. The zero-order valence-corrected chi connectivity index (χ0v) is 10.5. The molecule has 3 rings (SSSR count). The molecule has 1 atom stereocenters. The fourth-order valence-corrected chi connectivity index (χ4v) is 3.01. The lowest BCUT2D eigenvalue weighted by Crippen LogP contribution is -2.18. The number of hydrogen-bond donors (Lipinski definition) is 1. The molecule has 2 N–H and O–H groups in total. The molecule has 1 aliphatic carbocycles.